The Morgan fingerprint density at radius 1 is 1.42 bits per heavy atom. The Morgan fingerprint density at radius 2 is 2.27 bits per heavy atom. The zero-order valence-corrected chi connectivity index (χ0v) is 20.1. The number of ether oxygens (including phenoxy) is 1. The van der Waals surface area contributed by atoms with Gasteiger partial charge in [-0.2, -0.15) is 17.0 Å². The summed E-state index contributed by atoms with van der Waals surface area (Å²) < 4.78 is 5.21. The van der Waals surface area contributed by atoms with Crippen molar-refractivity contribution in [1.29, 1.82) is 5.26 Å². The van der Waals surface area contributed by atoms with E-state index in [0.717, 1.165) is 29.2 Å². The van der Waals surface area contributed by atoms with Crippen molar-refractivity contribution >= 4 is 47.3 Å². The summed E-state index contributed by atoms with van der Waals surface area (Å²) in [5.74, 6) is 3.73. The maximum Gasteiger partial charge on any atom is 0.207 e. The molecule has 0 unspecified atom stereocenters. The van der Waals surface area contributed by atoms with Crippen LogP contribution in [0.15, 0.2) is 40.5 Å². The number of benzene rings is 1. The van der Waals surface area contributed by atoms with Crippen LogP contribution in [-0.2, 0) is 6.42 Å². The second-order valence-electron chi connectivity index (χ2n) is 6.50. The molecule has 0 amide bonds. The maximum atomic E-state index is 8.93. The Bertz CT molecular complexity index is 1010. The quantitative estimate of drug-likeness (QED) is 0.106. The van der Waals surface area contributed by atoms with Crippen LogP contribution in [0.3, 0.4) is 0 Å². The fraction of sp³-hybridized carbons (Fsp3) is 0.333. The molecule has 33 heavy (non-hydrogen) atoms. The molecule has 0 atom stereocenters. The molecule has 0 spiro atoms. The molecule has 0 radical (unpaired) electrons. The summed E-state index contributed by atoms with van der Waals surface area (Å²) in [5, 5.41) is 18.1. The number of nitriles is 1. The number of methoxy groups -OCH3 is 1. The number of hydrogen-bond donors (Lipinski definition) is 5. The molecule has 6 N–H and O–H groups in total. The Kier molecular flexibility index (Phi) is 11.5. The lowest BCUT2D eigenvalue weighted by atomic mass is 10.2. The SMILES string of the molecule is CN=C(N)Nc1ncc(CCSCCNC(=NC/C=C/c2ccc(Cl)c(OC)c2)NC#N)[nH]1. The molecule has 2 rings (SSSR count). The largest absolute Gasteiger partial charge is 0.495 e. The highest BCUT2D eigenvalue weighted by molar-refractivity contribution is 7.99. The van der Waals surface area contributed by atoms with Crippen molar-refractivity contribution in [2.45, 2.75) is 6.42 Å². The third-order valence-electron chi connectivity index (χ3n) is 4.18. The van der Waals surface area contributed by atoms with Gasteiger partial charge in [-0.1, -0.05) is 29.8 Å². The number of nitrogens with one attached hydrogen (secondary N) is 4. The van der Waals surface area contributed by atoms with Crippen LogP contribution in [0, 0.1) is 11.5 Å². The number of halogens is 1. The number of aromatic nitrogens is 2. The van der Waals surface area contributed by atoms with Crippen molar-refractivity contribution in [1.82, 2.24) is 20.6 Å². The van der Waals surface area contributed by atoms with Crippen LogP contribution >= 0.6 is 23.4 Å². The minimum absolute atomic E-state index is 0.306. The molecule has 0 aliphatic carbocycles. The van der Waals surface area contributed by atoms with E-state index < -0.39 is 0 Å². The molecule has 1 heterocycles. The van der Waals surface area contributed by atoms with Gasteiger partial charge in [-0.25, -0.2) is 9.98 Å². The second-order valence-corrected chi connectivity index (χ2v) is 8.13. The van der Waals surface area contributed by atoms with E-state index in [1.54, 1.807) is 38.2 Å². The van der Waals surface area contributed by atoms with Crippen LogP contribution in [0.4, 0.5) is 5.95 Å². The highest BCUT2D eigenvalue weighted by atomic mass is 35.5. The zero-order chi connectivity index (χ0) is 23.9. The molecule has 0 aliphatic heterocycles. The van der Waals surface area contributed by atoms with E-state index >= 15 is 0 Å². The first kappa shape index (κ1) is 25.9. The summed E-state index contributed by atoms with van der Waals surface area (Å²) in [4.78, 5) is 15.6. The maximum absolute atomic E-state index is 8.93. The Labute approximate surface area is 202 Å². The molecule has 0 saturated heterocycles. The molecule has 1 aromatic carbocycles. The summed E-state index contributed by atoms with van der Waals surface area (Å²) >= 11 is 7.82. The molecule has 0 fully saturated rings. The number of aromatic amines is 1. The standard InChI is InChI=1S/C21H28ClN9OS/c1-25-19(24)31-21-28-13-16(30-21)7-10-33-11-9-27-20(29-14-23)26-8-3-4-15-5-6-17(22)18(12-15)32-2/h3-6,12-13H,7-11H2,1-2H3,(H2,26,27,29)(H4,24,25,28,30,31)/b4-3+. The predicted molar refractivity (Wildman–Crippen MR) is 137 cm³/mol. The van der Waals surface area contributed by atoms with E-state index in [4.69, 9.17) is 27.3 Å². The van der Waals surface area contributed by atoms with Crippen molar-refractivity contribution in [2.24, 2.45) is 15.7 Å². The van der Waals surface area contributed by atoms with Gasteiger partial charge in [0.2, 0.25) is 11.9 Å². The van der Waals surface area contributed by atoms with Crippen molar-refractivity contribution in [3.63, 3.8) is 0 Å². The van der Waals surface area contributed by atoms with Crippen LogP contribution < -0.4 is 26.4 Å². The molecule has 1 aromatic heterocycles. The lowest BCUT2D eigenvalue weighted by Gasteiger charge is -2.07. The first-order valence-corrected chi connectivity index (χ1v) is 11.6. The zero-order valence-electron chi connectivity index (χ0n) is 18.6. The number of anilines is 1. The van der Waals surface area contributed by atoms with Gasteiger partial charge < -0.3 is 20.8 Å². The van der Waals surface area contributed by atoms with Crippen LogP contribution in [0.1, 0.15) is 11.3 Å². The number of nitrogens with zero attached hydrogens (tertiary/aromatic N) is 4. The van der Waals surface area contributed by atoms with Gasteiger partial charge in [0, 0.05) is 25.0 Å². The van der Waals surface area contributed by atoms with Gasteiger partial charge >= 0.3 is 0 Å². The van der Waals surface area contributed by atoms with Crippen LogP contribution in [0.5, 0.6) is 5.75 Å². The number of aryl methyl sites for hydroxylation is 1. The van der Waals surface area contributed by atoms with E-state index in [1.165, 1.54) is 0 Å². The van der Waals surface area contributed by atoms with E-state index in [0.29, 0.717) is 41.7 Å². The number of aliphatic imine (C=N–C) groups is 2. The Morgan fingerprint density at radius 3 is 3.03 bits per heavy atom. The highest BCUT2D eigenvalue weighted by Gasteiger charge is 2.02. The van der Waals surface area contributed by atoms with Crippen LogP contribution in [-0.4, -0.2) is 60.6 Å². The van der Waals surface area contributed by atoms with Crippen LogP contribution in [0.2, 0.25) is 5.02 Å². The lowest BCUT2D eigenvalue weighted by Crippen LogP contribution is -2.36. The number of H-pyrrole nitrogens is 1. The minimum atomic E-state index is 0.306. The first-order valence-electron chi connectivity index (χ1n) is 10.1. The predicted octanol–water partition coefficient (Wildman–Crippen LogP) is 2.43. The van der Waals surface area contributed by atoms with Crippen molar-refractivity contribution in [3.05, 3.63) is 46.8 Å². The summed E-state index contributed by atoms with van der Waals surface area (Å²) in [5.41, 5.74) is 7.58. The van der Waals surface area contributed by atoms with Gasteiger partial charge in [-0.05, 0) is 29.9 Å². The van der Waals surface area contributed by atoms with E-state index in [1.807, 2.05) is 30.5 Å². The molecular formula is C21H28ClN9OS. The number of thioether (sulfide) groups is 1. The van der Waals surface area contributed by atoms with Crippen LogP contribution in [0.25, 0.3) is 6.08 Å². The smallest absolute Gasteiger partial charge is 0.207 e. The summed E-state index contributed by atoms with van der Waals surface area (Å²) in [7, 11) is 3.18. The van der Waals surface area contributed by atoms with Crippen molar-refractivity contribution in [3.8, 4) is 11.9 Å². The van der Waals surface area contributed by atoms with Gasteiger partial charge in [-0.3, -0.25) is 15.6 Å². The number of rotatable bonds is 11. The van der Waals surface area contributed by atoms with Gasteiger partial charge in [0.25, 0.3) is 0 Å². The van der Waals surface area contributed by atoms with Crippen molar-refractivity contribution in [2.75, 3.05) is 44.1 Å². The number of hydrogen-bond acceptors (Lipinski definition) is 6. The first-order chi connectivity index (χ1) is 16.0. The van der Waals surface area contributed by atoms with E-state index in [-0.39, 0.29) is 0 Å². The summed E-state index contributed by atoms with van der Waals surface area (Å²) in [6, 6.07) is 5.52. The number of imidazole rings is 1. The average molecular weight is 490 g/mol. The fourth-order valence-electron chi connectivity index (χ4n) is 2.56. The van der Waals surface area contributed by atoms with Gasteiger partial charge in [0.15, 0.2) is 12.2 Å². The number of nitrogens with two attached hydrogens (primary N) is 1. The van der Waals surface area contributed by atoms with Gasteiger partial charge in [0.05, 0.1) is 24.9 Å². The summed E-state index contributed by atoms with van der Waals surface area (Å²) in [6.07, 6.45) is 8.34. The molecule has 10 nitrogen and oxygen atoms in total. The molecule has 0 aliphatic rings. The Hall–Kier alpha value is -3.36. The van der Waals surface area contributed by atoms with E-state index in [2.05, 4.69) is 35.9 Å². The molecule has 176 valence electrons. The molecule has 0 bridgehead atoms. The molecule has 12 heteroatoms. The molecule has 2 aromatic rings. The third kappa shape index (κ3) is 9.76. The third-order valence-corrected chi connectivity index (χ3v) is 5.48. The van der Waals surface area contributed by atoms with Gasteiger partial charge in [-0.15, -0.1) is 0 Å². The molecular weight excluding hydrogens is 462 g/mol. The average Bonchev–Trinajstić information content (AvgIpc) is 3.26. The topological polar surface area (TPSA) is 149 Å². The summed E-state index contributed by atoms with van der Waals surface area (Å²) in [6.45, 7) is 1.09. The number of guanidine groups is 2. The normalized spacial score (nSPS) is 11.9. The fourth-order valence-corrected chi connectivity index (χ4v) is 3.57. The highest BCUT2D eigenvalue weighted by Crippen LogP contribution is 2.25. The second kappa shape index (κ2) is 14.7. The minimum Gasteiger partial charge on any atom is -0.495 e. The lowest BCUT2D eigenvalue weighted by molar-refractivity contribution is 0.415. The monoisotopic (exact) mass is 489 g/mol. The Balaban J connectivity index is 1.69. The van der Waals surface area contributed by atoms with Crippen molar-refractivity contribution < 1.29 is 4.74 Å². The van der Waals surface area contributed by atoms with E-state index in [9.17, 15) is 0 Å². The van der Waals surface area contributed by atoms with Gasteiger partial charge in [0.1, 0.15) is 5.75 Å². The molecule has 0 saturated carbocycles.